The summed E-state index contributed by atoms with van der Waals surface area (Å²) in [4.78, 5) is 0. The predicted molar refractivity (Wildman–Crippen MR) is 113 cm³/mol. The zero-order valence-electron chi connectivity index (χ0n) is 13.0. The largest absolute Gasteiger partial charge is 0.309 e. The molecule has 4 rings (SSSR count). The van der Waals surface area contributed by atoms with Crippen LogP contribution in [0.4, 0.5) is 0 Å². The smallest absolute Gasteiger partial charge is 0.0541 e. The van der Waals surface area contributed by atoms with Gasteiger partial charge in [-0.2, -0.15) is 0 Å². The van der Waals surface area contributed by atoms with Crippen LogP contribution in [0.15, 0.2) is 68.0 Å². The minimum atomic E-state index is 0.989. The summed E-state index contributed by atoms with van der Waals surface area (Å²) < 4.78 is 5.69. The zero-order valence-corrected chi connectivity index (χ0v) is 17.7. The molecule has 0 unspecified atom stereocenters. The van der Waals surface area contributed by atoms with Crippen LogP contribution in [0.3, 0.4) is 0 Å². The first kappa shape index (κ1) is 16.4. The lowest BCUT2D eigenvalue weighted by Crippen LogP contribution is -1.99. The zero-order chi connectivity index (χ0) is 16.8. The van der Waals surface area contributed by atoms with Crippen LogP contribution < -0.4 is 0 Å². The molecule has 4 heteroatoms. The standard InChI is InChI=1S/C20H14Br3N/c1-2-12-9-13(21)3-6-18(12)24-19-7-4-14(22)10-16(19)17-11-15(23)5-8-20(17)24/h3-11H,2H2,1H3. The number of aryl methyl sites for hydroxylation is 1. The SMILES string of the molecule is CCc1cc(Br)ccc1-n1c2ccc(Br)cc2c2cc(Br)ccc21. The summed E-state index contributed by atoms with van der Waals surface area (Å²) in [5.41, 5.74) is 5.02. The van der Waals surface area contributed by atoms with Crippen molar-refractivity contribution in [3.05, 3.63) is 73.6 Å². The molecule has 0 aliphatic rings. The average Bonchev–Trinajstić information content (AvgIpc) is 2.88. The molecule has 4 aromatic rings. The molecule has 0 bridgehead atoms. The van der Waals surface area contributed by atoms with E-state index in [1.165, 1.54) is 33.1 Å². The third-order valence-corrected chi connectivity index (χ3v) is 5.83. The Hall–Kier alpha value is -1.10. The van der Waals surface area contributed by atoms with E-state index in [4.69, 9.17) is 0 Å². The van der Waals surface area contributed by atoms with Gasteiger partial charge < -0.3 is 4.57 Å². The quantitative estimate of drug-likeness (QED) is 0.263. The lowest BCUT2D eigenvalue weighted by atomic mass is 10.1. The third kappa shape index (κ3) is 2.65. The molecule has 0 fully saturated rings. The molecule has 1 heterocycles. The molecular formula is C20H14Br3N. The van der Waals surface area contributed by atoms with Crippen LogP contribution in [0.2, 0.25) is 0 Å². The molecule has 120 valence electrons. The molecule has 0 amide bonds. The van der Waals surface area contributed by atoms with Gasteiger partial charge in [0.25, 0.3) is 0 Å². The summed E-state index contributed by atoms with van der Waals surface area (Å²) in [6, 6.07) is 19.5. The van der Waals surface area contributed by atoms with Gasteiger partial charge in [-0.05, 0) is 66.6 Å². The molecule has 0 N–H and O–H groups in total. The van der Waals surface area contributed by atoms with Crippen molar-refractivity contribution < 1.29 is 0 Å². The first-order chi connectivity index (χ1) is 11.6. The highest BCUT2D eigenvalue weighted by molar-refractivity contribution is 9.11. The molecule has 3 aromatic carbocycles. The van der Waals surface area contributed by atoms with Crippen molar-refractivity contribution in [1.29, 1.82) is 0 Å². The van der Waals surface area contributed by atoms with E-state index >= 15 is 0 Å². The van der Waals surface area contributed by atoms with Crippen LogP contribution in [-0.2, 0) is 6.42 Å². The maximum absolute atomic E-state index is 3.61. The molecule has 0 aliphatic carbocycles. The molecule has 0 saturated carbocycles. The minimum absolute atomic E-state index is 0.989. The predicted octanol–water partition coefficient (Wildman–Crippen LogP) is 7.63. The van der Waals surface area contributed by atoms with E-state index in [9.17, 15) is 0 Å². The topological polar surface area (TPSA) is 4.93 Å². The van der Waals surface area contributed by atoms with Gasteiger partial charge >= 0.3 is 0 Å². The van der Waals surface area contributed by atoms with E-state index in [1.807, 2.05) is 0 Å². The molecule has 0 radical (unpaired) electrons. The van der Waals surface area contributed by atoms with Crippen molar-refractivity contribution in [2.45, 2.75) is 13.3 Å². The highest BCUT2D eigenvalue weighted by Crippen LogP contribution is 2.36. The van der Waals surface area contributed by atoms with Crippen LogP contribution >= 0.6 is 47.8 Å². The normalized spacial score (nSPS) is 11.5. The number of hydrogen-bond acceptors (Lipinski definition) is 0. The number of rotatable bonds is 2. The maximum atomic E-state index is 3.61. The highest BCUT2D eigenvalue weighted by Gasteiger charge is 2.15. The second-order valence-corrected chi connectivity index (χ2v) is 8.53. The van der Waals surface area contributed by atoms with Gasteiger partial charge in [0.05, 0.1) is 11.0 Å². The fraction of sp³-hybridized carbons (Fsp3) is 0.100. The van der Waals surface area contributed by atoms with E-state index < -0.39 is 0 Å². The van der Waals surface area contributed by atoms with Gasteiger partial charge in [-0.25, -0.2) is 0 Å². The molecule has 24 heavy (non-hydrogen) atoms. The summed E-state index contributed by atoms with van der Waals surface area (Å²) in [6.07, 6.45) is 0.989. The number of halogens is 3. The Morgan fingerprint density at radius 2 is 1.21 bits per heavy atom. The minimum Gasteiger partial charge on any atom is -0.309 e. The third-order valence-electron chi connectivity index (χ3n) is 4.35. The lowest BCUT2D eigenvalue weighted by molar-refractivity contribution is 1.06. The van der Waals surface area contributed by atoms with Crippen molar-refractivity contribution in [2.75, 3.05) is 0 Å². The number of hydrogen-bond donors (Lipinski definition) is 0. The highest BCUT2D eigenvalue weighted by atomic mass is 79.9. The van der Waals surface area contributed by atoms with Crippen LogP contribution in [0.5, 0.6) is 0 Å². The number of nitrogens with zero attached hydrogens (tertiary/aromatic N) is 1. The van der Waals surface area contributed by atoms with E-state index in [2.05, 4.69) is 114 Å². The number of fused-ring (bicyclic) bond motifs is 3. The van der Waals surface area contributed by atoms with Gasteiger partial charge in [0.2, 0.25) is 0 Å². The van der Waals surface area contributed by atoms with Crippen molar-refractivity contribution in [2.24, 2.45) is 0 Å². The number of benzene rings is 3. The van der Waals surface area contributed by atoms with Crippen molar-refractivity contribution in [1.82, 2.24) is 4.57 Å². The van der Waals surface area contributed by atoms with Crippen LogP contribution in [0, 0.1) is 0 Å². The Morgan fingerprint density at radius 1 is 0.708 bits per heavy atom. The number of aromatic nitrogens is 1. The molecule has 0 saturated heterocycles. The molecule has 0 atom stereocenters. The maximum Gasteiger partial charge on any atom is 0.0541 e. The fourth-order valence-electron chi connectivity index (χ4n) is 3.28. The first-order valence-electron chi connectivity index (χ1n) is 7.76. The first-order valence-corrected chi connectivity index (χ1v) is 10.1. The van der Waals surface area contributed by atoms with E-state index in [-0.39, 0.29) is 0 Å². The Balaban J connectivity index is 2.18. The van der Waals surface area contributed by atoms with Crippen LogP contribution in [0.1, 0.15) is 12.5 Å². The van der Waals surface area contributed by atoms with Crippen molar-refractivity contribution in [3.8, 4) is 5.69 Å². The van der Waals surface area contributed by atoms with Gasteiger partial charge in [0.1, 0.15) is 0 Å². The van der Waals surface area contributed by atoms with Crippen LogP contribution in [-0.4, -0.2) is 4.57 Å². The molecule has 0 aliphatic heterocycles. The lowest BCUT2D eigenvalue weighted by Gasteiger charge is -2.13. The Bertz CT molecular complexity index is 1020. The molecule has 0 spiro atoms. The van der Waals surface area contributed by atoms with Gasteiger partial charge in [0, 0.05) is 29.9 Å². The second-order valence-electron chi connectivity index (χ2n) is 5.78. The summed E-state index contributed by atoms with van der Waals surface area (Å²) in [6.45, 7) is 2.20. The van der Waals surface area contributed by atoms with Gasteiger partial charge in [0.15, 0.2) is 0 Å². The fourth-order valence-corrected chi connectivity index (χ4v) is 4.41. The molecule has 1 aromatic heterocycles. The van der Waals surface area contributed by atoms with Gasteiger partial charge in [-0.15, -0.1) is 0 Å². The van der Waals surface area contributed by atoms with Crippen molar-refractivity contribution in [3.63, 3.8) is 0 Å². The summed E-state index contributed by atoms with van der Waals surface area (Å²) in [5, 5.41) is 2.51. The van der Waals surface area contributed by atoms with E-state index in [0.717, 1.165) is 19.8 Å². The van der Waals surface area contributed by atoms with E-state index in [0.29, 0.717) is 0 Å². The Labute approximate surface area is 166 Å². The summed E-state index contributed by atoms with van der Waals surface area (Å²) in [7, 11) is 0. The van der Waals surface area contributed by atoms with Crippen LogP contribution in [0.25, 0.3) is 27.5 Å². The van der Waals surface area contributed by atoms with Crippen molar-refractivity contribution >= 4 is 69.6 Å². The molecular weight excluding hydrogens is 494 g/mol. The molecule has 1 nitrogen and oxygen atoms in total. The second kappa shape index (κ2) is 6.32. The summed E-state index contributed by atoms with van der Waals surface area (Å²) in [5.74, 6) is 0. The van der Waals surface area contributed by atoms with Gasteiger partial charge in [-0.3, -0.25) is 0 Å². The Kier molecular flexibility index (Phi) is 4.31. The van der Waals surface area contributed by atoms with Gasteiger partial charge in [-0.1, -0.05) is 54.7 Å². The summed E-state index contributed by atoms with van der Waals surface area (Å²) >= 11 is 10.8. The average molecular weight is 508 g/mol. The van der Waals surface area contributed by atoms with E-state index in [1.54, 1.807) is 0 Å². The Morgan fingerprint density at radius 3 is 1.75 bits per heavy atom. The monoisotopic (exact) mass is 505 g/mol.